The second-order valence-corrected chi connectivity index (χ2v) is 5.11. The van der Waals surface area contributed by atoms with Crippen molar-refractivity contribution in [3.05, 3.63) is 0 Å². The highest BCUT2D eigenvalue weighted by Crippen LogP contribution is 2.08. The molecule has 1 aliphatic rings. The maximum atomic E-state index is 11.6. The molecule has 0 aromatic carbocycles. The maximum absolute atomic E-state index is 11.6. The fourth-order valence-electron chi connectivity index (χ4n) is 2.06. The summed E-state index contributed by atoms with van der Waals surface area (Å²) in [6.07, 6.45) is 0.179. The van der Waals surface area contributed by atoms with Gasteiger partial charge in [0.15, 0.2) is 0 Å². The van der Waals surface area contributed by atoms with E-state index in [2.05, 4.69) is 29.4 Å². The summed E-state index contributed by atoms with van der Waals surface area (Å²) in [7, 11) is 0. The Labute approximate surface area is 110 Å². The average molecular weight is 257 g/mol. The Bertz CT molecular complexity index is 259. The first-order valence-corrected chi connectivity index (χ1v) is 6.91. The molecule has 1 fully saturated rings. The lowest BCUT2D eigenvalue weighted by molar-refractivity contribution is -0.122. The van der Waals surface area contributed by atoms with Gasteiger partial charge in [-0.3, -0.25) is 9.69 Å². The Balaban J connectivity index is 2.28. The van der Waals surface area contributed by atoms with Crippen LogP contribution in [0, 0.1) is 0 Å². The SMILES string of the molecule is CCNC(=O)C(C)NCC1CN(C(C)C)CCO1. The van der Waals surface area contributed by atoms with Crippen molar-refractivity contribution in [2.24, 2.45) is 0 Å². The molecule has 1 saturated heterocycles. The monoisotopic (exact) mass is 257 g/mol. The van der Waals surface area contributed by atoms with Crippen LogP contribution in [0.1, 0.15) is 27.7 Å². The Morgan fingerprint density at radius 2 is 2.17 bits per heavy atom. The maximum Gasteiger partial charge on any atom is 0.236 e. The molecule has 0 aromatic rings. The molecule has 0 radical (unpaired) electrons. The van der Waals surface area contributed by atoms with Crippen LogP contribution in [0.5, 0.6) is 0 Å². The van der Waals surface area contributed by atoms with Gasteiger partial charge in [0, 0.05) is 32.2 Å². The molecular formula is C13H27N3O2. The van der Waals surface area contributed by atoms with Crippen LogP contribution in [0.3, 0.4) is 0 Å². The van der Waals surface area contributed by atoms with E-state index in [-0.39, 0.29) is 18.1 Å². The van der Waals surface area contributed by atoms with Crippen LogP contribution in [0.25, 0.3) is 0 Å². The van der Waals surface area contributed by atoms with Crippen LogP contribution in [0.2, 0.25) is 0 Å². The van der Waals surface area contributed by atoms with Crippen molar-refractivity contribution in [3.8, 4) is 0 Å². The average Bonchev–Trinajstić information content (AvgIpc) is 2.36. The minimum absolute atomic E-state index is 0.0500. The van der Waals surface area contributed by atoms with Gasteiger partial charge in [0.1, 0.15) is 0 Å². The van der Waals surface area contributed by atoms with E-state index in [1.54, 1.807) is 0 Å². The van der Waals surface area contributed by atoms with Crippen LogP contribution < -0.4 is 10.6 Å². The lowest BCUT2D eigenvalue weighted by atomic mass is 10.2. The number of hydrogen-bond acceptors (Lipinski definition) is 4. The van der Waals surface area contributed by atoms with Crippen molar-refractivity contribution in [2.75, 3.05) is 32.8 Å². The Morgan fingerprint density at radius 3 is 2.78 bits per heavy atom. The normalized spacial score (nSPS) is 23.1. The van der Waals surface area contributed by atoms with Gasteiger partial charge in [0.2, 0.25) is 5.91 Å². The first kappa shape index (κ1) is 15.4. The third kappa shape index (κ3) is 4.92. The van der Waals surface area contributed by atoms with E-state index < -0.39 is 0 Å². The largest absolute Gasteiger partial charge is 0.374 e. The second-order valence-electron chi connectivity index (χ2n) is 5.11. The predicted molar refractivity (Wildman–Crippen MR) is 72.6 cm³/mol. The molecule has 0 saturated carbocycles. The van der Waals surface area contributed by atoms with Crippen molar-refractivity contribution in [1.82, 2.24) is 15.5 Å². The molecule has 5 heteroatoms. The number of nitrogens with one attached hydrogen (secondary N) is 2. The van der Waals surface area contributed by atoms with E-state index in [1.165, 1.54) is 0 Å². The molecule has 1 rings (SSSR count). The molecule has 2 atom stereocenters. The van der Waals surface area contributed by atoms with Crippen molar-refractivity contribution < 1.29 is 9.53 Å². The third-order valence-electron chi connectivity index (χ3n) is 3.30. The van der Waals surface area contributed by atoms with Crippen LogP contribution in [0.4, 0.5) is 0 Å². The zero-order valence-corrected chi connectivity index (χ0v) is 12.0. The van der Waals surface area contributed by atoms with Crippen LogP contribution in [-0.2, 0) is 9.53 Å². The summed E-state index contributed by atoms with van der Waals surface area (Å²) in [5.74, 6) is 0.0500. The van der Waals surface area contributed by atoms with Crippen LogP contribution in [-0.4, -0.2) is 61.8 Å². The number of likely N-dealkylation sites (N-methyl/N-ethyl adjacent to an activating group) is 1. The number of hydrogen-bond donors (Lipinski definition) is 2. The van der Waals surface area contributed by atoms with Crippen molar-refractivity contribution in [2.45, 2.75) is 45.9 Å². The van der Waals surface area contributed by atoms with E-state index in [9.17, 15) is 4.79 Å². The Hall–Kier alpha value is -0.650. The van der Waals surface area contributed by atoms with Crippen LogP contribution in [0.15, 0.2) is 0 Å². The smallest absolute Gasteiger partial charge is 0.236 e. The molecule has 5 nitrogen and oxygen atoms in total. The van der Waals surface area contributed by atoms with Gasteiger partial charge in [-0.05, 0) is 27.7 Å². The van der Waals surface area contributed by atoms with Gasteiger partial charge in [0.05, 0.1) is 18.8 Å². The molecule has 1 amide bonds. The van der Waals surface area contributed by atoms with E-state index in [4.69, 9.17) is 4.74 Å². The van der Waals surface area contributed by atoms with E-state index >= 15 is 0 Å². The Kier molecular flexibility index (Phi) is 6.60. The minimum Gasteiger partial charge on any atom is -0.374 e. The van der Waals surface area contributed by atoms with Gasteiger partial charge < -0.3 is 15.4 Å². The highest BCUT2D eigenvalue weighted by atomic mass is 16.5. The summed E-state index contributed by atoms with van der Waals surface area (Å²) < 4.78 is 5.71. The molecule has 2 unspecified atom stereocenters. The molecular weight excluding hydrogens is 230 g/mol. The summed E-state index contributed by atoms with van der Waals surface area (Å²) in [6.45, 7) is 12.3. The van der Waals surface area contributed by atoms with Gasteiger partial charge in [0.25, 0.3) is 0 Å². The number of amides is 1. The molecule has 18 heavy (non-hydrogen) atoms. The molecule has 1 heterocycles. The lowest BCUT2D eigenvalue weighted by Gasteiger charge is -2.35. The predicted octanol–water partition coefficient (Wildman–Crippen LogP) is 0.210. The minimum atomic E-state index is -0.164. The van der Waals surface area contributed by atoms with E-state index in [0.717, 1.165) is 26.2 Å². The summed E-state index contributed by atoms with van der Waals surface area (Å²) in [6, 6.07) is 0.389. The van der Waals surface area contributed by atoms with Gasteiger partial charge in [-0.15, -0.1) is 0 Å². The zero-order chi connectivity index (χ0) is 13.5. The molecule has 106 valence electrons. The quantitative estimate of drug-likeness (QED) is 0.714. The fraction of sp³-hybridized carbons (Fsp3) is 0.923. The highest BCUT2D eigenvalue weighted by Gasteiger charge is 2.23. The molecule has 0 spiro atoms. The standard InChI is InChI=1S/C13H27N3O2/c1-5-14-13(17)11(4)15-8-12-9-16(10(2)3)6-7-18-12/h10-12,15H,5-9H2,1-4H3,(H,14,17). The molecule has 0 aliphatic carbocycles. The second kappa shape index (κ2) is 7.71. The fourth-order valence-corrected chi connectivity index (χ4v) is 2.06. The first-order chi connectivity index (χ1) is 8.54. The van der Waals surface area contributed by atoms with E-state index in [1.807, 2.05) is 13.8 Å². The lowest BCUT2D eigenvalue weighted by Crippen LogP contribution is -2.51. The van der Waals surface area contributed by atoms with Gasteiger partial charge >= 0.3 is 0 Å². The molecule has 2 N–H and O–H groups in total. The number of ether oxygens (including phenoxy) is 1. The number of morpholine rings is 1. The molecule has 0 aromatic heterocycles. The number of rotatable bonds is 6. The zero-order valence-electron chi connectivity index (χ0n) is 12.0. The summed E-state index contributed by atoms with van der Waals surface area (Å²) in [5, 5.41) is 6.04. The number of carbonyl (C=O) groups is 1. The summed E-state index contributed by atoms with van der Waals surface area (Å²) >= 11 is 0. The first-order valence-electron chi connectivity index (χ1n) is 6.91. The van der Waals surface area contributed by atoms with Crippen molar-refractivity contribution in [1.29, 1.82) is 0 Å². The van der Waals surface area contributed by atoms with Gasteiger partial charge in [-0.25, -0.2) is 0 Å². The topological polar surface area (TPSA) is 53.6 Å². The summed E-state index contributed by atoms with van der Waals surface area (Å²) in [5.41, 5.74) is 0. The number of carbonyl (C=O) groups excluding carboxylic acids is 1. The molecule has 0 bridgehead atoms. The van der Waals surface area contributed by atoms with Crippen molar-refractivity contribution >= 4 is 5.91 Å². The number of nitrogens with zero attached hydrogens (tertiary/aromatic N) is 1. The summed E-state index contributed by atoms with van der Waals surface area (Å²) in [4.78, 5) is 14.0. The Morgan fingerprint density at radius 1 is 1.44 bits per heavy atom. The van der Waals surface area contributed by atoms with Crippen molar-refractivity contribution in [3.63, 3.8) is 0 Å². The third-order valence-corrected chi connectivity index (χ3v) is 3.30. The van der Waals surface area contributed by atoms with E-state index in [0.29, 0.717) is 12.6 Å². The van der Waals surface area contributed by atoms with Gasteiger partial charge in [-0.1, -0.05) is 0 Å². The highest BCUT2D eigenvalue weighted by molar-refractivity contribution is 5.81. The van der Waals surface area contributed by atoms with Gasteiger partial charge in [-0.2, -0.15) is 0 Å². The molecule has 1 aliphatic heterocycles. The van der Waals surface area contributed by atoms with Crippen LogP contribution >= 0.6 is 0 Å².